The molecule has 0 aliphatic rings. The number of carbonyl (C=O) groups excluding carboxylic acids is 1. The highest BCUT2D eigenvalue weighted by molar-refractivity contribution is 5.94. The first kappa shape index (κ1) is 18.7. The molecule has 3 aromatic rings. The van der Waals surface area contributed by atoms with E-state index in [4.69, 9.17) is 13.9 Å². The van der Waals surface area contributed by atoms with E-state index in [1.54, 1.807) is 0 Å². The lowest BCUT2D eigenvalue weighted by Crippen LogP contribution is -2.08. The third kappa shape index (κ3) is 2.86. The molecular weight excluding hydrogens is 376 g/mol. The fourth-order valence-electron chi connectivity index (χ4n) is 2.62. The number of esters is 1. The molecule has 1 aromatic heterocycles. The molecule has 10 heteroatoms. The molecule has 0 aliphatic heterocycles. The van der Waals surface area contributed by atoms with Crippen molar-refractivity contribution in [1.82, 2.24) is 0 Å². The monoisotopic (exact) mass is 390 g/mol. The molecule has 5 N–H and O–H groups in total. The second kappa shape index (κ2) is 6.58. The van der Waals surface area contributed by atoms with Gasteiger partial charge in [0.25, 0.3) is 0 Å². The fraction of sp³-hybridized carbons (Fsp3) is 0.111. The Labute approximate surface area is 156 Å². The predicted molar refractivity (Wildman–Crippen MR) is 94.1 cm³/mol. The van der Waals surface area contributed by atoms with E-state index in [-0.39, 0.29) is 17.1 Å². The zero-order chi connectivity index (χ0) is 20.7. The van der Waals surface area contributed by atoms with Crippen LogP contribution in [0.4, 0.5) is 0 Å². The highest BCUT2D eigenvalue weighted by Gasteiger charge is 2.25. The Hall–Kier alpha value is -4.08. The van der Waals surface area contributed by atoms with Crippen LogP contribution in [0.2, 0.25) is 0 Å². The third-order valence-electron chi connectivity index (χ3n) is 3.84. The first-order chi connectivity index (χ1) is 13.1. The van der Waals surface area contributed by atoms with E-state index in [2.05, 4.69) is 0 Å². The Morgan fingerprint density at radius 3 is 2.11 bits per heavy atom. The van der Waals surface area contributed by atoms with Gasteiger partial charge < -0.3 is 39.4 Å². The van der Waals surface area contributed by atoms with Gasteiger partial charge in [-0.05, 0) is 12.1 Å². The Balaban J connectivity index is 2.46. The van der Waals surface area contributed by atoms with Crippen LogP contribution in [0.15, 0.2) is 27.4 Å². The summed E-state index contributed by atoms with van der Waals surface area (Å²) in [6.07, 6.45) is 0. The van der Waals surface area contributed by atoms with Gasteiger partial charge in [-0.15, -0.1) is 0 Å². The molecule has 2 aromatic carbocycles. The van der Waals surface area contributed by atoms with Crippen molar-refractivity contribution >= 4 is 16.9 Å². The summed E-state index contributed by atoms with van der Waals surface area (Å²) < 4.78 is 15.6. The first-order valence-corrected chi connectivity index (χ1v) is 7.69. The van der Waals surface area contributed by atoms with Crippen LogP contribution in [0, 0.1) is 0 Å². The topological polar surface area (TPSA) is 167 Å². The number of phenolic OH excluding ortho intramolecular Hbond substituents is 4. The van der Waals surface area contributed by atoms with Crippen molar-refractivity contribution < 1.29 is 44.2 Å². The number of ether oxygens (including phenoxy) is 2. The molecule has 0 radical (unpaired) electrons. The summed E-state index contributed by atoms with van der Waals surface area (Å²) in [5, 5.41) is 48.7. The number of hydrogen-bond acceptors (Lipinski definition) is 10. The SMILES string of the molecule is COc1cc(O)c2c(=O)c(O)c(-c3cc(O)c(O)c(O)c3)oc2c1OC(C)=O. The van der Waals surface area contributed by atoms with E-state index in [1.807, 2.05) is 0 Å². The molecule has 28 heavy (non-hydrogen) atoms. The number of hydrogen-bond donors (Lipinski definition) is 5. The number of aromatic hydroxyl groups is 5. The average molecular weight is 390 g/mol. The van der Waals surface area contributed by atoms with Crippen LogP contribution in [-0.2, 0) is 4.79 Å². The lowest BCUT2D eigenvalue weighted by Gasteiger charge is -2.13. The Kier molecular flexibility index (Phi) is 4.39. The van der Waals surface area contributed by atoms with E-state index in [9.17, 15) is 35.1 Å². The highest BCUT2D eigenvalue weighted by atomic mass is 16.6. The number of phenols is 4. The van der Waals surface area contributed by atoms with Gasteiger partial charge in [-0.2, -0.15) is 0 Å². The summed E-state index contributed by atoms with van der Waals surface area (Å²) in [5.41, 5.74) is -1.67. The second-order valence-electron chi connectivity index (χ2n) is 5.70. The zero-order valence-electron chi connectivity index (χ0n) is 14.5. The minimum atomic E-state index is -1.07. The summed E-state index contributed by atoms with van der Waals surface area (Å²) in [5.74, 6) is -5.61. The lowest BCUT2D eigenvalue weighted by molar-refractivity contribution is -0.131. The van der Waals surface area contributed by atoms with Crippen molar-refractivity contribution in [1.29, 1.82) is 0 Å². The second-order valence-corrected chi connectivity index (χ2v) is 5.70. The molecule has 0 fully saturated rings. The van der Waals surface area contributed by atoms with Crippen LogP contribution in [0.1, 0.15) is 6.92 Å². The van der Waals surface area contributed by atoms with E-state index in [0.29, 0.717) is 0 Å². The molecule has 1 heterocycles. The largest absolute Gasteiger partial charge is 0.507 e. The Morgan fingerprint density at radius 1 is 0.964 bits per heavy atom. The summed E-state index contributed by atoms with van der Waals surface area (Å²) in [6.45, 7) is 1.09. The number of carbonyl (C=O) groups is 1. The van der Waals surface area contributed by atoms with Crippen LogP contribution >= 0.6 is 0 Å². The van der Waals surface area contributed by atoms with Crippen LogP contribution in [0.5, 0.6) is 40.2 Å². The first-order valence-electron chi connectivity index (χ1n) is 7.69. The standard InChI is InChI=1S/C18H14O10/c1-6(19)27-17-11(26-2)5-8(20)12-14(24)15(25)16(28-18(12)17)7-3-9(21)13(23)10(22)4-7/h3-5,20-23,25H,1-2H3. The molecular formula is C18H14O10. The minimum Gasteiger partial charge on any atom is -0.507 e. The quantitative estimate of drug-likeness (QED) is 0.253. The van der Waals surface area contributed by atoms with Crippen LogP contribution in [0.25, 0.3) is 22.3 Å². The van der Waals surface area contributed by atoms with Crippen molar-refractivity contribution in [2.45, 2.75) is 6.92 Å². The van der Waals surface area contributed by atoms with Gasteiger partial charge in [-0.25, -0.2) is 0 Å². The third-order valence-corrected chi connectivity index (χ3v) is 3.84. The van der Waals surface area contributed by atoms with Crippen molar-refractivity contribution in [3.8, 4) is 51.6 Å². The van der Waals surface area contributed by atoms with E-state index < -0.39 is 56.9 Å². The van der Waals surface area contributed by atoms with Crippen LogP contribution < -0.4 is 14.9 Å². The molecule has 0 aliphatic carbocycles. The molecule has 10 nitrogen and oxygen atoms in total. The number of methoxy groups -OCH3 is 1. The van der Waals surface area contributed by atoms with Gasteiger partial charge in [0.05, 0.1) is 7.11 Å². The normalized spacial score (nSPS) is 10.8. The van der Waals surface area contributed by atoms with Gasteiger partial charge in [-0.1, -0.05) is 0 Å². The van der Waals surface area contributed by atoms with Crippen molar-refractivity contribution in [2.24, 2.45) is 0 Å². The van der Waals surface area contributed by atoms with Gasteiger partial charge >= 0.3 is 5.97 Å². The molecule has 0 atom stereocenters. The van der Waals surface area contributed by atoms with Crippen molar-refractivity contribution in [2.75, 3.05) is 7.11 Å². The van der Waals surface area contributed by atoms with Crippen LogP contribution in [0.3, 0.4) is 0 Å². The van der Waals surface area contributed by atoms with Gasteiger partial charge in [0.2, 0.25) is 16.9 Å². The van der Waals surface area contributed by atoms with E-state index in [1.165, 1.54) is 7.11 Å². The molecule has 0 bridgehead atoms. The summed E-state index contributed by atoms with van der Waals surface area (Å²) >= 11 is 0. The maximum Gasteiger partial charge on any atom is 0.308 e. The number of rotatable bonds is 3. The van der Waals surface area contributed by atoms with Crippen molar-refractivity contribution in [3.63, 3.8) is 0 Å². The van der Waals surface area contributed by atoms with Gasteiger partial charge in [-0.3, -0.25) is 9.59 Å². The van der Waals surface area contributed by atoms with E-state index in [0.717, 1.165) is 25.1 Å². The van der Waals surface area contributed by atoms with Gasteiger partial charge in [0.15, 0.2) is 34.3 Å². The summed E-state index contributed by atoms with van der Waals surface area (Å²) in [6, 6.07) is 2.85. The molecule has 3 rings (SSSR count). The maximum absolute atomic E-state index is 12.6. The zero-order valence-corrected chi connectivity index (χ0v) is 14.5. The lowest BCUT2D eigenvalue weighted by atomic mass is 10.1. The molecule has 0 unspecified atom stereocenters. The maximum atomic E-state index is 12.6. The Morgan fingerprint density at radius 2 is 1.57 bits per heavy atom. The highest BCUT2D eigenvalue weighted by Crippen LogP contribution is 2.45. The molecule has 0 spiro atoms. The molecule has 146 valence electrons. The van der Waals surface area contributed by atoms with Crippen molar-refractivity contribution in [3.05, 3.63) is 28.4 Å². The molecule has 0 amide bonds. The Bertz CT molecular complexity index is 1150. The number of benzene rings is 2. The number of fused-ring (bicyclic) bond motifs is 1. The smallest absolute Gasteiger partial charge is 0.308 e. The molecule has 0 saturated carbocycles. The average Bonchev–Trinajstić information content (AvgIpc) is 2.63. The van der Waals surface area contributed by atoms with Gasteiger partial charge in [0, 0.05) is 18.6 Å². The van der Waals surface area contributed by atoms with E-state index >= 15 is 0 Å². The molecule has 0 saturated heterocycles. The minimum absolute atomic E-state index is 0.128. The summed E-state index contributed by atoms with van der Waals surface area (Å²) in [4.78, 5) is 24.0. The predicted octanol–water partition coefficient (Wildman–Crippen LogP) is 1.92. The van der Waals surface area contributed by atoms with Crippen LogP contribution in [-0.4, -0.2) is 38.6 Å². The fourth-order valence-corrected chi connectivity index (χ4v) is 2.62. The summed E-state index contributed by atoms with van der Waals surface area (Å²) in [7, 11) is 1.23. The van der Waals surface area contributed by atoms with Gasteiger partial charge in [0.1, 0.15) is 11.1 Å².